The summed E-state index contributed by atoms with van der Waals surface area (Å²) in [6, 6.07) is 18.9. The van der Waals surface area contributed by atoms with Gasteiger partial charge in [0.1, 0.15) is 23.1 Å². The van der Waals surface area contributed by atoms with Gasteiger partial charge in [0, 0.05) is 44.7 Å². The Morgan fingerprint density at radius 2 is 1.80 bits per heavy atom. The lowest BCUT2D eigenvalue weighted by atomic mass is 10.1. The second-order valence-electron chi connectivity index (χ2n) is 9.63. The minimum absolute atomic E-state index is 0.0605. The van der Waals surface area contributed by atoms with Crippen LogP contribution in [0.3, 0.4) is 0 Å². The van der Waals surface area contributed by atoms with Crippen molar-refractivity contribution >= 4 is 50.5 Å². The van der Waals surface area contributed by atoms with Crippen LogP contribution in [0.15, 0.2) is 79.1 Å². The van der Waals surface area contributed by atoms with Gasteiger partial charge in [-0.1, -0.05) is 18.2 Å². The molecule has 0 aliphatic carbocycles. The first kappa shape index (κ1) is 31.0. The number of hydrogen-bond donors (Lipinski definition) is 3. The number of aromatic nitrogens is 2. The van der Waals surface area contributed by atoms with Gasteiger partial charge in [0.05, 0.1) is 46.6 Å². The molecule has 12 heteroatoms. The highest BCUT2D eigenvalue weighted by atomic mass is 32.1. The van der Waals surface area contributed by atoms with Crippen LogP contribution in [-0.2, 0) is 22.5 Å². The second-order valence-corrected chi connectivity index (χ2v) is 11.1. The Bertz CT molecular complexity index is 1750. The van der Waals surface area contributed by atoms with Gasteiger partial charge in [-0.05, 0) is 59.7 Å². The highest BCUT2D eigenvalue weighted by Gasteiger charge is 2.14. The standard InChI is InChI=1S/C32H30FN5O4S2/c1-40-14-13-34-18-21-5-9-25(36-19-21)29-17-26-31(44-29)27(11-12-35-26)42-23-8-10-24(28(16-23)41-2)37-32(43)38-30(39)15-20-3-6-22(33)7-4-20/h3-12,16-17,19,34H,13-15,18H2,1-2H3,(H2,37,38,39,43). The molecule has 3 heterocycles. The van der Waals surface area contributed by atoms with Crippen LogP contribution in [0.5, 0.6) is 17.2 Å². The Morgan fingerprint density at radius 3 is 2.55 bits per heavy atom. The second kappa shape index (κ2) is 14.8. The smallest absolute Gasteiger partial charge is 0.230 e. The van der Waals surface area contributed by atoms with E-state index < -0.39 is 0 Å². The normalized spacial score (nSPS) is 10.9. The molecule has 3 N–H and O–H groups in total. The Labute approximate surface area is 263 Å². The predicted molar refractivity (Wildman–Crippen MR) is 174 cm³/mol. The number of nitrogens with zero attached hydrogens (tertiary/aromatic N) is 2. The number of benzene rings is 2. The zero-order chi connectivity index (χ0) is 30.9. The maximum Gasteiger partial charge on any atom is 0.230 e. The molecule has 0 saturated carbocycles. The summed E-state index contributed by atoms with van der Waals surface area (Å²) >= 11 is 6.87. The molecule has 0 fully saturated rings. The van der Waals surface area contributed by atoms with Crippen molar-refractivity contribution in [1.82, 2.24) is 20.6 Å². The zero-order valence-corrected chi connectivity index (χ0v) is 25.7. The maximum absolute atomic E-state index is 13.1. The van der Waals surface area contributed by atoms with E-state index in [2.05, 4.69) is 32.0 Å². The van der Waals surface area contributed by atoms with E-state index in [-0.39, 0.29) is 23.3 Å². The summed E-state index contributed by atoms with van der Waals surface area (Å²) < 4.78 is 30.9. The van der Waals surface area contributed by atoms with Crippen LogP contribution in [0, 0.1) is 5.82 Å². The minimum atomic E-state index is -0.360. The number of thiophene rings is 1. The Balaban J connectivity index is 1.24. The highest BCUT2D eigenvalue weighted by Crippen LogP contribution is 2.39. The molecular formula is C32H30FN5O4S2. The average molecular weight is 632 g/mol. The Morgan fingerprint density at radius 1 is 0.977 bits per heavy atom. The van der Waals surface area contributed by atoms with E-state index in [0.717, 1.165) is 39.4 Å². The molecule has 2 aromatic carbocycles. The molecule has 1 amide bonds. The number of carbonyl (C=O) groups is 1. The van der Waals surface area contributed by atoms with Gasteiger partial charge < -0.3 is 30.2 Å². The van der Waals surface area contributed by atoms with Crippen LogP contribution < -0.4 is 25.4 Å². The molecule has 5 aromatic rings. The molecule has 3 aromatic heterocycles. The van der Waals surface area contributed by atoms with E-state index in [9.17, 15) is 9.18 Å². The van der Waals surface area contributed by atoms with Crippen molar-refractivity contribution in [3.63, 3.8) is 0 Å². The minimum Gasteiger partial charge on any atom is -0.494 e. The van der Waals surface area contributed by atoms with Gasteiger partial charge in [0.15, 0.2) is 5.11 Å². The number of ether oxygens (including phenoxy) is 3. The largest absolute Gasteiger partial charge is 0.494 e. The average Bonchev–Trinajstić information content (AvgIpc) is 3.47. The van der Waals surface area contributed by atoms with Crippen molar-refractivity contribution in [1.29, 1.82) is 0 Å². The molecule has 0 radical (unpaired) electrons. The third-order valence-electron chi connectivity index (χ3n) is 6.44. The molecule has 0 spiro atoms. The fraction of sp³-hybridized carbons (Fsp3) is 0.188. The number of pyridine rings is 2. The van der Waals surface area contributed by atoms with E-state index in [1.807, 2.05) is 24.4 Å². The molecule has 226 valence electrons. The lowest BCUT2D eigenvalue weighted by Gasteiger charge is -2.14. The summed E-state index contributed by atoms with van der Waals surface area (Å²) in [5.41, 5.74) is 3.98. The number of anilines is 1. The predicted octanol–water partition coefficient (Wildman–Crippen LogP) is 6.09. The number of nitrogens with one attached hydrogen (secondary N) is 3. The first-order chi connectivity index (χ1) is 21.4. The molecule has 9 nitrogen and oxygen atoms in total. The molecule has 0 bridgehead atoms. The number of halogens is 1. The summed E-state index contributed by atoms with van der Waals surface area (Å²) in [6.07, 6.45) is 3.64. The van der Waals surface area contributed by atoms with E-state index in [1.54, 1.807) is 55.0 Å². The number of hydrogen-bond acceptors (Lipinski definition) is 9. The van der Waals surface area contributed by atoms with E-state index in [1.165, 1.54) is 19.2 Å². The van der Waals surface area contributed by atoms with Gasteiger partial charge in [0.25, 0.3) is 0 Å². The van der Waals surface area contributed by atoms with E-state index in [4.69, 9.17) is 26.4 Å². The third-order valence-corrected chi connectivity index (χ3v) is 7.81. The van der Waals surface area contributed by atoms with Crippen LogP contribution in [0.2, 0.25) is 0 Å². The molecule has 0 unspecified atom stereocenters. The van der Waals surface area contributed by atoms with Crippen LogP contribution in [-0.4, -0.2) is 48.4 Å². The lowest BCUT2D eigenvalue weighted by Crippen LogP contribution is -2.35. The summed E-state index contributed by atoms with van der Waals surface area (Å²) in [5.74, 6) is 0.976. The summed E-state index contributed by atoms with van der Waals surface area (Å²) in [7, 11) is 3.21. The van der Waals surface area contributed by atoms with Crippen molar-refractivity contribution in [3.05, 3.63) is 96.1 Å². The lowest BCUT2D eigenvalue weighted by molar-refractivity contribution is -0.119. The third kappa shape index (κ3) is 8.11. The molecule has 0 atom stereocenters. The molecule has 0 aliphatic rings. The van der Waals surface area contributed by atoms with Gasteiger partial charge in [0.2, 0.25) is 5.91 Å². The summed E-state index contributed by atoms with van der Waals surface area (Å²) in [5, 5.41) is 9.04. The van der Waals surface area contributed by atoms with Crippen LogP contribution in [0.4, 0.5) is 10.1 Å². The fourth-order valence-corrected chi connectivity index (χ4v) is 5.55. The first-order valence-corrected chi connectivity index (χ1v) is 14.9. The number of carbonyl (C=O) groups excluding carboxylic acids is 1. The van der Waals surface area contributed by atoms with E-state index >= 15 is 0 Å². The number of amides is 1. The van der Waals surface area contributed by atoms with Gasteiger partial charge >= 0.3 is 0 Å². The maximum atomic E-state index is 13.1. The molecule has 5 rings (SSSR count). The van der Waals surface area contributed by atoms with Gasteiger partial charge in [-0.2, -0.15) is 0 Å². The van der Waals surface area contributed by atoms with Crippen LogP contribution in [0.25, 0.3) is 20.8 Å². The summed E-state index contributed by atoms with van der Waals surface area (Å²) in [4.78, 5) is 22.5. The number of fused-ring (bicyclic) bond motifs is 1. The Kier molecular flexibility index (Phi) is 10.4. The van der Waals surface area contributed by atoms with Crippen LogP contribution in [0.1, 0.15) is 11.1 Å². The van der Waals surface area contributed by atoms with Crippen molar-refractivity contribution in [2.45, 2.75) is 13.0 Å². The SMILES string of the molecule is COCCNCc1ccc(-c2cc3nccc(Oc4ccc(NC(=S)NC(=O)Cc5ccc(F)cc5)c(OC)c4)c3s2)nc1. The first-order valence-electron chi connectivity index (χ1n) is 13.7. The van der Waals surface area contributed by atoms with E-state index in [0.29, 0.717) is 35.1 Å². The van der Waals surface area contributed by atoms with Gasteiger partial charge in [-0.3, -0.25) is 14.8 Å². The molecular weight excluding hydrogens is 602 g/mol. The highest BCUT2D eigenvalue weighted by molar-refractivity contribution is 7.80. The topological polar surface area (TPSA) is 107 Å². The van der Waals surface area contributed by atoms with Gasteiger partial charge in [-0.15, -0.1) is 11.3 Å². The van der Waals surface area contributed by atoms with Crippen LogP contribution >= 0.6 is 23.6 Å². The van der Waals surface area contributed by atoms with Crippen molar-refractivity contribution in [3.8, 4) is 27.8 Å². The number of rotatable bonds is 12. The monoisotopic (exact) mass is 631 g/mol. The van der Waals surface area contributed by atoms with Crippen molar-refractivity contribution in [2.75, 3.05) is 32.7 Å². The number of thiocarbonyl (C=S) groups is 1. The van der Waals surface area contributed by atoms with Crippen molar-refractivity contribution in [2.24, 2.45) is 0 Å². The fourth-order valence-electron chi connectivity index (χ4n) is 4.28. The van der Waals surface area contributed by atoms with Gasteiger partial charge in [-0.25, -0.2) is 4.39 Å². The zero-order valence-electron chi connectivity index (χ0n) is 24.1. The Hall–Kier alpha value is -4.49. The molecule has 44 heavy (non-hydrogen) atoms. The van der Waals surface area contributed by atoms with Crippen molar-refractivity contribution < 1.29 is 23.4 Å². The summed E-state index contributed by atoms with van der Waals surface area (Å²) in [6.45, 7) is 2.16. The molecule has 0 aliphatic heterocycles. The quantitative estimate of drug-likeness (QED) is 0.111. The molecule has 0 saturated heterocycles. The number of methoxy groups -OCH3 is 2.